The maximum atomic E-state index is 11.0. The van der Waals surface area contributed by atoms with Crippen LogP contribution in [0.2, 0.25) is 0 Å². The Bertz CT molecular complexity index is 541. The number of H-pyrrole nitrogens is 1. The Hall–Kier alpha value is -1.07. The molecule has 0 bridgehead atoms. The van der Waals surface area contributed by atoms with Crippen molar-refractivity contribution in [2.75, 3.05) is 0 Å². The van der Waals surface area contributed by atoms with Crippen LogP contribution in [-0.2, 0) is 5.75 Å². The molecule has 0 saturated carbocycles. The van der Waals surface area contributed by atoms with Crippen LogP contribution in [-0.4, -0.2) is 9.97 Å². The molecule has 1 aromatic heterocycles. The lowest BCUT2D eigenvalue weighted by atomic mass is 10.2. The second-order valence-electron chi connectivity index (χ2n) is 3.16. The highest BCUT2D eigenvalue weighted by Gasteiger charge is 1.98. The largest absolute Gasteiger partial charge is 0.301 e. The van der Waals surface area contributed by atoms with Crippen LogP contribution in [0.5, 0.6) is 0 Å². The van der Waals surface area contributed by atoms with Gasteiger partial charge < -0.3 is 4.98 Å². The smallest absolute Gasteiger partial charge is 0.251 e. The van der Waals surface area contributed by atoms with Crippen LogP contribution in [0.4, 0.5) is 0 Å². The zero-order valence-corrected chi connectivity index (χ0v) is 10.7. The Morgan fingerprint density at radius 1 is 1.38 bits per heavy atom. The number of nitrogens with one attached hydrogen (secondary N) is 1. The van der Waals surface area contributed by atoms with Crippen LogP contribution >= 0.6 is 27.7 Å². The van der Waals surface area contributed by atoms with Crippen molar-refractivity contribution < 1.29 is 0 Å². The lowest BCUT2D eigenvalue weighted by molar-refractivity contribution is 0.936. The van der Waals surface area contributed by atoms with E-state index >= 15 is 0 Å². The van der Waals surface area contributed by atoms with Crippen LogP contribution in [0.25, 0.3) is 0 Å². The molecule has 0 aliphatic rings. The monoisotopic (exact) mass is 296 g/mol. The number of rotatable bonds is 3. The first-order valence-electron chi connectivity index (χ1n) is 4.66. The molecule has 1 heterocycles. The SMILES string of the molecule is O=c1ccnc(SCc2cccc(Br)c2)[nH]1. The van der Waals surface area contributed by atoms with Gasteiger partial charge in [-0.25, -0.2) is 4.98 Å². The summed E-state index contributed by atoms with van der Waals surface area (Å²) < 4.78 is 1.06. The third kappa shape index (κ3) is 3.21. The van der Waals surface area contributed by atoms with E-state index < -0.39 is 0 Å². The first kappa shape index (κ1) is 11.4. The van der Waals surface area contributed by atoms with Gasteiger partial charge in [0.2, 0.25) is 0 Å². The molecule has 0 saturated heterocycles. The molecule has 5 heteroatoms. The molecule has 0 unspecified atom stereocenters. The third-order valence-corrected chi connectivity index (χ3v) is 3.36. The van der Waals surface area contributed by atoms with Gasteiger partial charge in [-0.15, -0.1) is 0 Å². The van der Waals surface area contributed by atoms with Gasteiger partial charge in [-0.05, 0) is 17.7 Å². The van der Waals surface area contributed by atoms with E-state index in [9.17, 15) is 4.79 Å². The Labute approximate surface area is 105 Å². The van der Waals surface area contributed by atoms with Gasteiger partial charge in [0.05, 0.1) is 0 Å². The van der Waals surface area contributed by atoms with Crippen LogP contribution in [0.1, 0.15) is 5.56 Å². The molecule has 0 amide bonds. The van der Waals surface area contributed by atoms with Crippen LogP contribution in [0, 0.1) is 0 Å². The number of hydrogen-bond acceptors (Lipinski definition) is 3. The van der Waals surface area contributed by atoms with Gasteiger partial charge in [0.15, 0.2) is 5.16 Å². The molecule has 16 heavy (non-hydrogen) atoms. The Morgan fingerprint density at radius 2 is 2.25 bits per heavy atom. The highest BCUT2D eigenvalue weighted by atomic mass is 79.9. The Balaban J connectivity index is 2.05. The van der Waals surface area contributed by atoms with Crippen molar-refractivity contribution in [2.24, 2.45) is 0 Å². The summed E-state index contributed by atoms with van der Waals surface area (Å²) in [6.45, 7) is 0. The summed E-state index contributed by atoms with van der Waals surface area (Å²) in [7, 11) is 0. The molecule has 0 radical (unpaired) electrons. The number of halogens is 1. The third-order valence-electron chi connectivity index (χ3n) is 1.91. The van der Waals surface area contributed by atoms with Gasteiger partial charge in [0, 0.05) is 22.5 Å². The molecule has 3 nitrogen and oxygen atoms in total. The highest BCUT2D eigenvalue weighted by molar-refractivity contribution is 9.10. The summed E-state index contributed by atoms with van der Waals surface area (Å²) in [5, 5.41) is 0.646. The number of benzene rings is 1. The molecule has 0 aliphatic carbocycles. The molecule has 0 aliphatic heterocycles. The quantitative estimate of drug-likeness (QED) is 0.700. The first-order valence-corrected chi connectivity index (χ1v) is 6.44. The molecular formula is C11H9BrN2OS. The molecule has 0 atom stereocenters. The number of thioether (sulfide) groups is 1. The lowest BCUT2D eigenvalue weighted by Gasteiger charge is -2.01. The van der Waals surface area contributed by atoms with Crippen LogP contribution in [0.3, 0.4) is 0 Å². The number of aromatic amines is 1. The van der Waals surface area contributed by atoms with Crippen LogP contribution < -0.4 is 5.56 Å². The average Bonchev–Trinajstić information content (AvgIpc) is 2.27. The summed E-state index contributed by atoms with van der Waals surface area (Å²) in [4.78, 5) is 17.8. The van der Waals surface area contributed by atoms with Crippen molar-refractivity contribution in [1.82, 2.24) is 9.97 Å². The number of aromatic nitrogens is 2. The van der Waals surface area contributed by atoms with E-state index in [0.717, 1.165) is 10.2 Å². The van der Waals surface area contributed by atoms with Crippen molar-refractivity contribution in [3.8, 4) is 0 Å². The Kier molecular flexibility index (Phi) is 3.79. The van der Waals surface area contributed by atoms with E-state index in [-0.39, 0.29) is 5.56 Å². The number of nitrogens with zero attached hydrogens (tertiary/aromatic N) is 1. The zero-order chi connectivity index (χ0) is 11.4. The minimum absolute atomic E-state index is 0.119. The molecule has 0 fully saturated rings. The van der Waals surface area contributed by atoms with E-state index in [1.807, 2.05) is 24.3 Å². The van der Waals surface area contributed by atoms with Crippen molar-refractivity contribution >= 4 is 27.7 Å². The van der Waals surface area contributed by atoms with E-state index in [1.54, 1.807) is 0 Å². The van der Waals surface area contributed by atoms with Crippen molar-refractivity contribution in [3.05, 3.63) is 56.9 Å². The average molecular weight is 297 g/mol. The van der Waals surface area contributed by atoms with Crippen LogP contribution in [0.15, 0.2) is 51.0 Å². The molecule has 0 spiro atoms. The normalized spacial score (nSPS) is 10.3. The van der Waals surface area contributed by atoms with E-state index in [1.165, 1.54) is 29.6 Å². The fourth-order valence-corrected chi connectivity index (χ4v) is 2.44. The van der Waals surface area contributed by atoms with Gasteiger partial charge in [-0.2, -0.15) is 0 Å². The zero-order valence-electron chi connectivity index (χ0n) is 8.31. The maximum absolute atomic E-state index is 11.0. The summed E-state index contributed by atoms with van der Waals surface area (Å²) in [5.41, 5.74) is 1.07. The van der Waals surface area contributed by atoms with Gasteiger partial charge in [0.25, 0.3) is 5.56 Å². The molecule has 2 rings (SSSR count). The lowest BCUT2D eigenvalue weighted by Crippen LogP contribution is -2.05. The second kappa shape index (κ2) is 5.32. The second-order valence-corrected chi connectivity index (χ2v) is 5.04. The molecule has 2 aromatic rings. The van der Waals surface area contributed by atoms with E-state index in [4.69, 9.17) is 0 Å². The van der Waals surface area contributed by atoms with E-state index in [0.29, 0.717) is 5.16 Å². The first-order chi connectivity index (χ1) is 7.74. The summed E-state index contributed by atoms with van der Waals surface area (Å²) in [5.74, 6) is 0.784. The van der Waals surface area contributed by atoms with E-state index in [2.05, 4.69) is 25.9 Å². The highest BCUT2D eigenvalue weighted by Crippen LogP contribution is 2.20. The fraction of sp³-hybridized carbons (Fsp3) is 0.0909. The standard InChI is InChI=1S/C11H9BrN2OS/c12-9-3-1-2-8(6-9)7-16-11-13-5-4-10(15)14-11/h1-6H,7H2,(H,13,14,15). The summed E-state index contributed by atoms with van der Waals surface area (Å²) >= 11 is 4.93. The Morgan fingerprint density at radius 3 is 3.00 bits per heavy atom. The molecule has 82 valence electrons. The predicted octanol–water partition coefficient (Wildman–Crippen LogP) is 2.82. The molecular weight excluding hydrogens is 288 g/mol. The van der Waals surface area contributed by atoms with Crippen molar-refractivity contribution in [1.29, 1.82) is 0 Å². The van der Waals surface area contributed by atoms with Gasteiger partial charge >= 0.3 is 0 Å². The molecule has 1 N–H and O–H groups in total. The molecule has 1 aromatic carbocycles. The van der Waals surface area contributed by atoms with Crippen molar-refractivity contribution in [2.45, 2.75) is 10.9 Å². The van der Waals surface area contributed by atoms with Gasteiger partial charge in [-0.1, -0.05) is 39.8 Å². The number of hydrogen-bond donors (Lipinski definition) is 1. The summed E-state index contributed by atoms with van der Waals surface area (Å²) in [6.07, 6.45) is 1.52. The van der Waals surface area contributed by atoms with Gasteiger partial charge in [0.1, 0.15) is 0 Å². The maximum Gasteiger partial charge on any atom is 0.251 e. The fourth-order valence-electron chi connectivity index (χ4n) is 1.20. The minimum atomic E-state index is -0.119. The minimum Gasteiger partial charge on any atom is -0.301 e. The topological polar surface area (TPSA) is 45.8 Å². The summed E-state index contributed by atoms with van der Waals surface area (Å²) in [6, 6.07) is 9.47. The van der Waals surface area contributed by atoms with Crippen molar-refractivity contribution in [3.63, 3.8) is 0 Å². The predicted molar refractivity (Wildman–Crippen MR) is 68.6 cm³/mol. The van der Waals surface area contributed by atoms with Gasteiger partial charge in [-0.3, -0.25) is 4.79 Å².